The largest absolute Gasteiger partial charge is 0.382 e. The molecule has 0 fully saturated rings. The van der Waals surface area contributed by atoms with E-state index in [9.17, 15) is 0 Å². The number of nitrogens with zero attached hydrogens (tertiary/aromatic N) is 5. The van der Waals surface area contributed by atoms with Crippen LogP contribution < -0.4 is 5.73 Å². The summed E-state index contributed by atoms with van der Waals surface area (Å²) in [6.45, 7) is 4.99. The standard InChI is InChI=1S/C16H20N6S/c1-11-12(2)21-15(17)13-14(11)22(10-20-13)8-3-4-9-23-16-18-6-5-7-19-16/h5-7,10H,3-4,8-9H2,1-2H3,(H2,17,21). The van der Waals surface area contributed by atoms with Gasteiger partial charge in [0.1, 0.15) is 5.52 Å². The van der Waals surface area contributed by atoms with Gasteiger partial charge in [0.05, 0.1) is 11.8 Å². The average molecular weight is 328 g/mol. The lowest BCUT2D eigenvalue weighted by atomic mass is 10.2. The van der Waals surface area contributed by atoms with Gasteiger partial charge in [-0.2, -0.15) is 0 Å². The van der Waals surface area contributed by atoms with Crippen molar-refractivity contribution in [2.24, 2.45) is 0 Å². The quantitative estimate of drug-likeness (QED) is 0.425. The molecule has 0 radical (unpaired) electrons. The fraction of sp³-hybridized carbons (Fsp3) is 0.375. The highest BCUT2D eigenvalue weighted by atomic mass is 32.2. The summed E-state index contributed by atoms with van der Waals surface area (Å²) in [6, 6.07) is 1.83. The second kappa shape index (κ2) is 6.95. The smallest absolute Gasteiger partial charge is 0.187 e. The van der Waals surface area contributed by atoms with Gasteiger partial charge in [-0.3, -0.25) is 0 Å². The normalized spacial score (nSPS) is 11.2. The highest BCUT2D eigenvalue weighted by Crippen LogP contribution is 2.24. The van der Waals surface area contributed by atoms with Crippen molar-refractivity contribution in [2.75, 3.05) is 11.5 Å². The van der Waals surface area contributed by atoms with E-state index in [0.717, 1.165) is 52.6 Å². The molecular weight excluding hydrogens is 308 g/mol. The maximum absolute atomic E-state index is 5.98. The first-order chi connectivity index (χ1) is 11.2. The number of nitrogen functional groups attached to an aromatic ring is 1. The Labute approximate surface area is 139 Å². The number of aryl methyl sites for hydroxylation is 3. The minimum atomic E-state index is 0.513. The second-order valence-electron chi connectivity index (χ2n) is 5.43. The molecule has 120 valence electrons. The van der Waals surface area contributed by atoms with Crippen LogP contribution in [0.1, 0.15) is 24.1 Å². The fourth-order valence-electron chi connectivity index (χ4n) is 2.53. The number of imidazole rings is 1. The molecule has 0 aliphatic carbocycles. The van der Waals surface area contributed by atoms with E-state index >= 15 is 0 Å². The third-order valence-corrected chi connectivity index (χ3v) is 4.79. The molecule has 0 saturated heterocycles. The third-order valence-electron chi connectivity index (χ3n) is 3.83. The summed E-state index contributed by atoms with van der Waals surface area (Å²) in [5.74, 6) is 1.52. The molecule has 0 aliphatic rings. The van der Waals surface area contributed by atoms with Crippen molar-refractivity contribution in [3.05, 3.63) is 36.0 Å². The maximum atomic E-state index is 5.98. The highest BCUT2D eigenvalue weighted by Gasteiger charge is 2.12. The molecule has 0 bridgehead atoms. The molecular formula is C16H20N6S. The van der Waals surface area contributed by atoms with Gasteiger partial charge >= 0.3 is 0 Å². The van der Waals surface area contributed by atoms with Crippen LogP contribution in [0.4, 0.5) is 5.82 Å². The first-order valence-corrected chi connectivity index (χ1v) is 8.62. The predicted molar refractivity (Wildman–Crippen MR) is 93.4 cm³/mol. The number of pyridine rings is 1. The first kappa shape index (κ1) is 15.7. The molecule has 2 N–H and O–H groups in total. The Hall–Kier alpha value is -2.15. The minimum absolute atomic E-state index is 0.513. The van der Waals surface area contributed by atoms with Crippen LogP contribution in [-0.4, -0.2) is 30.3 Å². The SMILES string of the molecule is Cc1nc(N)c2ncn(CCCCSc3ncccn3)c2c1C. The molecule has 7 heteroatoms. The van der Waals surface area contributed by atoms with Gasteiger partial charge in [0.25, 0.3) is 0 Å². The Morgan fingerprint density at radius 3 is 2.70 bits per heavy atom. The van der Waals surface area contributed by atoms with E-state index in [4.69, 9.17) is 5.73 Å². The topological polar surface area (TPSA) is 82.5 Å². The van der Waals surface area contributed by atoms with Gasteiger partial charge in [0, 0.05) is 30.4 Å². The number of hydrogen-bond acceptors (Lipinski definition) is 6. The van der Waals surface area contributed by atoms with E-state index in [2.05, 4.69) is 31.4 Å². The highest BCUT2D eigenvalue weighted by molar-refractivity contribution is 7.99. The van der Waals surface area contributed by atoms with Crippen molar-refractivity contribution in [1.29, 1.82) is 0 Å². The van der Waals surface area contributed by atoms with Crippen LogP contribution in [-0.2, 0) is 6.54 Å². The van der Waals surface area contributed by atoms with Crippen molar-refractivity contribution in [2.45, 2.75) is 38.4 Å². The van der Waals surface area contributed by atoms with Crippen LogP contribution in [0.3, 0.4) is 0 Å². The van der Waals surface area contributed by atoms with Crippen molar-refractivity contribution in [3.8, 4) is 0 Å². The van der Waals surface area contributed by atoms with Gasteiger partial charge in [-0.1, -0.05) is 11.8 Å². The Kier molecular flexibility index (Phi) is 4.76. The van der Waals surface area contributed by atoms with E-state index in [1.807, 2.05) is 19.3 Å². The van der Waals surface area contributed by atoms with Gasteiger partial charge in [-0.15, -0.1) is 0 Å². The van der Waals surface area contributed by atoms with Crippen LogP contribution in [0.5, 0.6) is 0 Å². The van der Waals surface area contributed by atoms with Crippen LogP contribution in [0.15, 0.2) is 29.9 Å². The molecule has 3 rings (SSSR count). The second-order valence-corrected chi connectivity index (χ2v) is 6.49. The summed E-state index contributed by atoms with van der Waals surface area (Å²) in [5, 5.41) is 0.839. The Morgan fingerprint density at radius 2 is 1.91 bits per heavy atom. The van der Waals surface area contributed by atoms with E-state index in [1.54, 1.807) is 24.2 Å². The van der Waals surface area contributed by atoms with Crippen LogP contribution in [0, 0.1) is 13.8 Å². The van der Waals surface area contributed by atoms with Gasteiger partial charge in [0.2, 0.25) is 0 Å². The lowest BCUT2D eigenvalue weighted by molar-refractivity contribution is 0.647. The van der Waals surface area contributed by atoms with E-state index in [1.165, 1.54) is 0 Å². The molecule has 0 spiro atoms. The van der Waals surface area contributed by atoms with Crippen LogP contribution in [0.2, 0.25) is 0 Å². The zero-order valence-corrected chi connectivity index (χ0v) is 14.2. The summed E-state index contributed by atoms with van der Waals surface area (Å²) < 4.78 is 2.18. The molecule has 6 nitrogen and oxygen atoms in total. The van der Waals surface area contributed by atoms with Crippen molar-refractivity contribution >= 4 is 28.6 Å². The summed E-state index contributed by atoms with van der Waals surface area (Å²) in [7, 11) is 0. The number of anilines is 1. The van der Waals surface area contributed by atoms with Crippen LogP contribution in [0.25, 0.3) is 11.0 Å². The molecule has 0 aliphatic heterocycles. The molecule has 0 unspecified atom stereocenters. The molecule has 3 aromatic rings. The van der Waals surface area contributed by atoms with Crippen molar-refractivity contribution in [1.82, 2.24) is 24.5 Å². The monoisotopic (exact) mass is 328 g/mol. The van der Waals surface area contributed by atoms with Gasteiger partial charge in [-0.25, -0.2) is 19.9 Å². The first-order valence-electron chi connectivity index (χ1n) is 7.64. The van der Waals surface area contributed by atoms with Gasteiger partial charge < -0.3 is 10.3 Å². The molecule has 0 atom stereocenters. The van der Waals surface area contributed by atoms with E-state index in [0.29, 0.717) is 5.82 Å². The molecule has 23 heavy (non-hydrogen) atoms. The number of thioether (sulfide) groups is 1. The molecule has 0 saturated carbocycles. The Bertz CT molecular complexity index is 799. The number of unbranched alkanes of at least 4 members (excludes halogenated alkanes) is 1. The number of rotatable bonds is 6. The molecule has 3 aromatic heterocycles. The Morgan fingerprint density at radius 1 is 1.13 bits per heavy atom. The minimum Gasteiger partial charge on any atom is -0.382 e. The summed E-state index contributed by atoms with van der Waals surface area (Å²) >= 11 is 1.69. The molecule has 0 aromatic carbocycles. The zero-order valence-electron chi connectivity index (χ0n) is 13.4. The average Bonchev–Trinajstić information content (AvgIpc) is 2.98. The van der Waals surface area contributed by atoms with Crippen molar-refractivity contribution in [3.63, 3.8) is 0 Å². The van der Waals surface area contributed by atoms with Gasteiger partial charge in [-0.05, 0) is 38.3 Å². The third kappa shape index (κ3) is 3.44. The van der Waals surface area contributed by atoms with Crippen LogP contribution >= 0.6 is 11.8 Å². The number of hydrogen-bond donors (Lipinski definition) is 1. The lowest BCUT2D eigenvalue weighted by Crippen LogP contribution is -2.02. The fourth-order valence-corrected chi connectivity index (χ4v) is 3.33. The summed E-state index contributed by atoms with van der Waals surface area (Å²) in [6.07, 6.45) is 7.59. The summed E-state index contributed by atoms with van der Waals surface area (Å²) in [5.41, 5.74) is 10.0. The van der Waals surface area contributed by atoms with E-state index in [-0.39, 0.29) is 0 Å². The zero-order chi connectivity index (χ0) is 16.2. The maximum Gasteiger partial charge on any atom is 0.187 e. The number of nitrogens with two attached hydrogens (primary N) is 1. The predicted octanol–water partition coefficient (Wildman–Crippen LogP) is 2.99. The molecule has 3 heterocycles. The molecule has 0 amide bonds. The number of fused-ring (bicyclic) bond motifs is 1. The van der Waals surface area contributed by atoms with Gasteiger partial charge in [0.15, 0.2) is 11.0 Å². The Balaban J connectivity index is 1.60. The number of aromatic nitrogens is 5. The van der Waals surface area contributed by atoms with E-state index < -0.39 is 0 Å². The van der Waals surface area contributed by atoms with Crippen molar-refractivity contribution < 1.29 is 0 Å². The lowest BCUT2D eigenvalue weighted by Gasteiger charge is -2.08. The summed E-state index contributed by atoms with van der Waals surface area (Å²) in [4.78, 5) is 17.2.